The fourth-order valence-electron chi connectivity index (χ4n) is 4.06. The molecule has 1 fully saturated rings. The molecule has 1 saturated heterocycles. The standard InChI is InChI=1S/C21H24N2O2S/c1-15-6-7-18-17(14-15)4-2-10-23(18)20(24)16-8-11-22(12-9-16)21(25)19-5-3-13-26-19/h3,5-7,13-14,16H,2,4,8-12H2,1H3. The molecule has 3 heterocycles. The first-order valence-corrected chi connectivity index (χ1v) is 10.2. The molecule has 2 aliphatic heterocycles. The van der Waals surface area contributed by atoms with Crippen LogP contribution in [0, 0.1) is 12.8 Å². The number of carbonyl (C=O) groups excluding carboxylic acids is 2. The predicted molar refractivity (Wildman–Crippen MR) is 105 cm³/mol. The zero-order valence-electron chi connectivity index (χ0n) is 15.1. The van der Waals surface area contributed by atoms with Crippen molar-refractivity contribution in [3.63, 3.8) is 0 Å². The van der Waals surface area contributed by atoms with Gasteiger partial charge < -0.3 is 9.80 Å². The molecule has 0 bridgehead atoms. The minimum absolute atomic E-state index is 0.0228. The molecule has 2 amide bonds. The fraction of sp³-hybridized carbons (Fsp3) is 0.429. The lowest BCUT2D eigenvalue weighted by molar-refractivity contribution is -0.123. The number of thiophene rings is 1. The van der Waals surface area contributed by atoms with Crippen molar-refractivity contribution < 1.29 is 9.59 Å². The first-order chi connectivity index (χ1) is 12.6. The van der Waals surface area contributed by atoms with Gasteiger partial charge in [-0.3, -0.25) is 9.59 Å². The van der Waals surface area contributed by atoms with E-state index in [1.54, 1.807) is 0 Å². The summed E-state index contributed by atoms with van der Waals surface area (Å²) in [5, 5.41) is 1.93. The molecule has 0 N–H and O–H groups in total. The highest BCUT2D eigenvalue weighted by atomic mass is 32.1. The van der Waals surface area contributed by atoms with E-state index in [-0.39, 0.29) is 17.7 Å². The van der Waals surface area contributed by atoms with E-state index in [0.717, 1.165) is 42.8 Å². The van der Waals surface area contributed by atoms with Gasteiger partial charge in [-0.05, 0) is 55.7 Å². The number of anilines is 1. The van der Waals surface area contributed by atoms with Crippen LogP contribution in [0.2, 0.25) is 0 Å². The SMILES string of the molecule is Cc1ccc2c(c1)CCCN2C(=O)C1CCN(C(=O)c2cccs2)CC1. The molecular formula is C21H24N2O2S. The molecule has 136 valence electrons. The summed E-state index contributed by atoms with van der Waals surface area (Å²) >= 11 is 1.48. The van der Waals surface area contributed by atoms with Crippen LogP contribution in [-0.4, -0.2) is 36.3 Å². The van der Waals surface area contributed by atoms with Gasteiger partial charge >= 0.3 is 0 Å². The Bertz CT molecular complexity index is 807. The predicted octanol–water partition coefficient (Wildman–Crippen LogP) is 3.89. The number of amides is 2. The van der Waals surface area contributed by atoms with Crippen LogP contribution in [-0.2, 0) is 11.2 Å². The Balaban J connectivity index is 1.42. The van der Waals surface area contributed by atoms with E-state index < -0.39 is 0 Å². The van der Waals surface area contributed by atoms with Crippen molar-refractivity contribution in [3.8, 4) is 0 Å². The monoisotopic (exact) mass is 368 g/mol. The first-order valence-electron chi connectivity index (χ1n) is 9.37. The summed E-state index contributed by atoms with van der Waals surface area (Å²) < 4.78 is 0. The number of hydrogen-bond donors (Lipinski definition) is 0. The van der Waals surface area contributed by atoms with Crippen molar-refractivity contribution in [1.29, 1.82) is 0 Å². The molecule has 5 heteroatoms. The number of piperidine rings is 1. The van der Waals surface area contributed by atoms with E-state index in [0.29, 0.717) is 13.1 Å². The Morgan fingerprint density at radius 3 is 2.65 bits per heavy atom. The molecule has 2 aromatic rings. The van der Waals surface area contributed by atoms with Gasteiger partial charge in [0.2, 0.25) is 5.91 Å². The lowest BCUT2D eigenvalue weighted by atomic mass is 9.92. The van der Waals surface area contributed by atoms with Crippen LogP contribution in [0.1, 0.15) is 40.1 Å². The number of fused-ring (bicyclic) bond motifs is 1. The smallest absolute Gasteiger partial charge is 0.263 e. The summed E-state index contributed by atoms with van der Waals surface area (Å²) in [5.41, 5.74) is 3.62. The maximum atomic E-state index is 13.1. The van der Waals surface area contributed by atoms with Crippen molar-refractivity contribution >= 4 is 28.8 Å². The van der Waals surface area contributed by atoms with Crippen LogP contribution < -0.4 is 4.90 Å². The van der Waals surface area contributed by atoms with Gasteiger partial charge in [0.1, 0.15) is 0 Å². The van der Waals surface area contributed by atoms with Crippen molar-refractivity contribution in [2.45, 2.75) is 32.6 Å². The molecule has 1 aromatic carbocycles. The largest absolute Gasteiger partial charge is 0.338 e. The minimum Gasteiger partial charge on any atom is -0.338 e. The molecular weight excluding hydrogens is 344 g/mol. The van der Waals surface area contributed by atoms with E-state index in [9.17, 15) is 9.59 Å². The third kappa shape index (κ3) is 3.28. The maximum absolute atomic E-state index is 13.1. The van der Waals surface area contributed by atoms with Crippen molar-refractivity contribution in [1.82, 2.24) is 4.90 Å². The lowest BCUT2D eigenvalue weighted by Crippen LogP contribution is -2.45. The van der Waals surface area contributed by atoms with Gasteiger partial charge in [0.15, 0.2) is 0 Å². The number of nitrogens with zero attached hydrogens (tertiary/aromatic N) is 2. The molecule has 4 rings (SSSR count). The number of benzene rings is 1. The zero-order chi connectivity index (χ0) is 18.1. The number of hydrogen-bond acceptors (Lipinski definition) is 3. The molecule has 1 aromatic heterocycles. The average Bonchev–Trinajstić information content (AvgIpc) is 3.21. The summed E-state index contributed by atoms with van der Waals surface area (Å²) in [6, 6.07) is 10.2. The average molecular weight is 369 g/mol. The first kappa shape index (κ1) is 17.3. The zero-order valence-corrected chi connectivity index (χ0v) is 15.9. The topological polar surface area (TPSA) is 40.6 Å². The van der Waals surface area contributed by atoms with Gasteiger partial charge in [-0.2, -0.15) is 0 Å². The summed E-state index contributed by atoms with van der Waals surface area (Å²) in [6.07, 6.45) is 3.59. The second-order valence-corrected chi connectivity index (χ2v) is 8.22. The van der Waals surface area contributed by atoms with Crippen LogP contribution in [0.25, 0.3) is 0 Å². The Kier molecular flexibility index (Phi) is 4.81. The van der Waals surface area contributed by atoms with Gasteiger partial charge in [0, 0.05) is 31.2 Å². The van der Waals surface area contributed by atoms with Crippen LogP contribution >= 0.6 is 11.3 Å². The number of rotatable bonds is 2. The Labute approximate surface area is 158 Å². The van der Waals surface area contributed by atoms with E-state index in [1.165, 1.54) is 22.5 Å². The third-order valence-electron chi connectivity index (χ3n) is 5.48. The van der Waals surface area contributed by atoms with Crippen molar-refractivity contribution in [2.75, 3.05) is 24.5 Å². The number of carbonyl (C=O) groups is 2. The Morgan fingerprint density at radius 1 is 1.12 bits per heavy atom. The van der Waals surface area contributed by atoms with Crippen LogP contribution in [0.5, 0.6) is 0 Å². The van der Waals surface area contributed by atoms with Gasteiger partial charge in [0.25, 0.3) is 5.91 Å². The van der Waals surface area contributed by atoms with Crippen molar-refractivity contribution in [3.05, 3.63) is 51.7 Å². The quantitative estimate of drug-likeness (QED) is 0.807. The molecule has 2 aliphatic rings. The molecule has 0 unspecified atom stereocenters. The van der Waals surface area contributed by atoms with Gasteiger partial charge in [-0.1, -0.05) is 23.8 Å². The molecule has 26 heavy (non-hydrogen) atoms. The maximum Gasteiger partial charge on any atom is 0.263 e. The Hall–Kier alpha value is -2.14. The Morgan fingerprint density at radius 2 is 1.92 bits per heavy atom. The lowest BCUT2D eigenvalue weighted by Gasteiger charge is -2.36. The second-order valence-electron chi connectivity index (χ2n) is 7.27. The highest BCUT2D eigenvalue weighted by Crippen LogP contribution is 2.31. The summed E-state index contributed by atoms with van der Waals surface area (Å²) in [5.74, 6) is 0.359. The molecule has 0 atom stereocenters. The molecule has 0 saturated carbocycles. The van der Waals surface area contributed by atoms with E-state index in [4.69, 9.17) is 0 Å². The van der Waals surface area contributed by atoms with Gasteiger partial charge in [-0.15, -0.1) is 11.3 Å². The minimum atomic E-state index is 0.0228. The van der Waals surface area contributed by atoms with Crippen LogP contribution in [0.4, 0.5) is 5.69 Å². The molecule has 0 spiro atoms. The van der Waals surface area contributed by atoms with Gasteiger partial charge in [0.05, 0.1) is 4.88 Å². The molecule has 0 aliphatic carbocycles. The summed E-state index contributed by atoms with van der Waals surface area (Å²) in [6.45, 7) is 4.24. The summed E-state index contributed by atoms with van der Waals surface area (Å²) in [4.78, 5) is 30.3. The molecule has 4 nitrogen and oxygen atoms in total. The van der Waals surface area contributed by atoms with Gasteiger partial charge in [-0.25, -0.2) is 0 Å². The second kappa shape index (κ2) is 7.23. The molecule has 0 radical (unpaired) electrons. The number of aryl methyl sites for hydroxylation is 2. The number of likely N-dealkylation sites (tertiary alicyclic amines) is 1. The highest BCUT2D eigenvalue weighted by molar-refractivity contribution is 7.12. The van der Waals surface area contributed by atoms with Crippen LogP contribution in [0.3, 0.4) is 0 Å². The van der Waals surface area contributed by atoms with E-state index >= 15 is 0 Å². The normalized spacial score (nSPS) is 17.9. The summed E-state index contributed by atoms with van der Waals surface area (Å²) in [7, 11) is 0. The van der Waals surface area contributed by atoms with Crippen molar-refractivity contribution in [2.24, 2.45) is 5.92 Å². The third-order valence-corrected chi connectivity index (χ3v) is 6.34. The van der Waals surface area contributed by atoms with E-state index in [1.807, 2.05) is 27.3 Å². The van der Waals surface area contributed by atoms with E-state index in [2.05, 4.69) is 25.1 Å². The fourth-order valence-corrected chi connectivity index (χ4v) is 4.75. The van der Waals surface area contributed by atoms with Crippen LogP contribution in [0.15, 0.2) is 35.7 Å². The highest BCUT2D eigenvalue weighted by Gasteiger charge is 2.32.